The lowest BCUT2D eigenvalue weighted by atomic mass is 10.2. The van der Waals surface area contributed by atoms with E-state index in [0.717, 1.165) is 5.56 Å². The molecule has 1 aromatic heterocycles. The second-order valence-corrected chi connectivity index (χ2v) is 5.32. The van der Waals surface area contributed by atoms with Crippen molar-refractivity contribution in [2.24, 2.45) is 0 Å². The van der Waals surface area contributed by atoms with Crippen LogP contribution >= 0.6 is 11.6 Å². The van der Waals surface area contributed by atoms with Gasteiger partial charge in [0.2, 0.25) is 5.88 Å². The highest BCUT2D eigenvalue weighted by Gasteiger charge is 2.14. The lowest BCUT2D eigenvalue weighted by molar-refractivity contribution is 0.124. The summed E-state index contributed by atoms with van der Waals surface area (Å²) in [5, 5.41) is 0.378. The van der Waals surface area contributed by atoms with E-state index in [1.165, 1.54) is 0 Å². The molecule has 0 amide bonds. The Morgan fingerprint density at radius 1 is 1.06 bits per heavy atom. The summed E-state index contributed by atoms with van der Waals surface area (Å²) in [6.07, 6.45) is 0. The Kier molecular flexibility index (Phi) is 3.53. The van der Waals surface area contributed by atoms with Crippen molar-refractivity contribution in [3.63, 3.8) is 0 Å². The molecule has 0 saturated carbocycles. The van der Waals surface area contributed by atoms with Gasteiger partial charge in [-0.05, 0) is 20.8 Å². The second-order valence-electron chi connectivity index (χ2n) is 4.93. The van der Waals surface area contributed by atoms with Crippen LogP contribution in [0.25, 0.3) is 11.4 Å². The van der Waals surface area contributed by atoms with Crippen LogP contribution in [0.5, 0.6) is 5.88 Å². The van der Waals surface area contributed by atoms with Crippen LogP contribution in [0.4, 0.5) is 0 Å². The predicted octanol–water partition coefficient (Wildman–Crippen LogP) is 3.97. The zero-order valence-electron chi connectivity index (χ0n) is 10.6. The van der Waals surface area contributed by atoms with Crippen LogP contribution in [0.1, 0.15) is 20.8 Å². The van der Waals surface area contributed by atoms with Gasteiger partial charge in [0, 0.05) is 11.6 Å². The molecule has 0 aliphatic heterocycles. The van der Waals surface area contributed by atoms with Crippen molar-refractivity contribution >= 4 is 11.6 Å². The minimum atomic E-state index is -0.314. The molecule has 0 saturated heterocycles. The van der Waals surface area contributed by atoms with E-state index < -0.39 is 0 Å². The molecule has 0 atom stereocenters. The van der Waals surface area contributed by atoms with Gasteiger partial charge in [-0.2, -0.15) is 4.98 Å². The number of benzene rings is 1. The largest absolute Gasteiger partial charge is 0.472 e. The van der Waals surface area contributed by atoms with Crippen molar-refractivity contribution in [3.05, 3.63) is 41.6 Å². The van der Waals surface area contributed by atoms with E-state index in [-0.39, 0.29) is 5.60 Å². The van der Waals surface area contributed by atoms with E-state index in [2.05, 4.69) is 9.97 Å². The fourth-order valence-electron chi connectivity index (χ4n) is 1.48. The molecule has 2 aromatic rings. The zero-order valence-corrected chi connectivity index (χ0v) is 11.4. The van der Waals surface area contributed by atoms with E-state index in [1.807, 2.05) is 51.1 Å². The van der Waals surface area contributed by atoms with Crippen LogP contribution in [0.2, 0.25) is 5.15 Å². The summed E-state index contributed by atoms with van der Waals surface area (Å²) < 4.78 is 5.71. The Balaban J connectivity index is 2.39. The maximum Gasteiger partial charge on any atom is 0.218 e. The van der Waals surface area contributed by atoms with Crippen molar-refractivity contribution in [1.82, 2.24) is 9.97 Å². The highest BCUT2D eigenvalue weighted by atomic mass is 35.5. The molecule has 0 fully saturated rings. The van der Waals surface area contributed by atoms with Gasteiger partial charge in [0.15, 0.2) is 5.82 Å². The summed E-state index contributed by atoms with van der Waals surface area (Å²) >= 11 is 6.00. The molecule has 0 aliphatic carbocycles. The first-order chi connectivity index (χ1) is 8.44. The topological polar surface area (TPSA) is 35.0 Å². The quantitative estimate of drug-likeness (QED) is 0.768. The van der Waals surface area contributed by atoms with E-state index in [1.54, 1.807) is 6.07 Å². The van der Waals surface area contributed by atoms with Gasteiger partial charge in [-0.25, -0.2) is 4.98 Å². The Hall–Kier alpha value is -1.61. The summed E-state index contributed by atoms with van der Waals surface area (Å²) in [6.45, 7) is 5.89. The number of hydrogen-bond donors (Lipinski definition) is 0. The van der Waals surface area contributed by atoms with Crippen LogP contribution < -0.4 is 4.74 Å². The Labute approximate surface area is 112 Å². The summed E-state index contributed by atoms with van der Waals surface area (Å²) in [6, 6.07) is 11.3. The fourth-order valence-corrected chi connectivity index (χ4v) is 1.65. The molecule has 0 spiro atoms. The zero-order chi connectivity index (χ0) is 13.2. The molecule has 0 unspecified atom stereocenters. The van der Waals surface area contributed by atoms with Crippen molar-refractivity contribution in [2.45, 2.75) is 26.4 Å². The fraction of sp³-hybridized carbons (Fsp3) is 0.286. The van der Waals surface area contributed by atoms with Crippen LogP contribution in [0.15, 0.2) is 36.4 Å². The Morgan fingerprint density at radius 3 is 2.33 bits per heavy atom. The molecule has 1 aromatic carbocycles. The third kappa shape index (κ3) is 3.44. The molecule has 0 radical (unpaired) electrons. The van der Waals surface area contributed by atoms with Crippen LogP contribution in [0.3, 0.4) is 0 Å². The minimum absolute atomic E-state index is 0.314. The highest BCUT2D eigenvalue weighted by molar-refractivity contribution is 6.29. The molecule has 3 nitrogen and oxygen atoms in total. The van der Waals surface area contributed by atoms with Gasteiger partial charge in [0.05, 0.1) is 0 Å². The summed E-state index contributed by atoms with van der Waals surface area (Å²) in [7, 11) is 0. The molecule has 0 bridgehead atoms. The predicted molar refractivity (Wildman–Crippen MR) is 72.9 cm³/mol. The second kappa shape index (κ2) is 4.94. The molecule has 94 valence electrons. The normalized spacial score (nSPS) is 11.3. The van der Waals surface area contributed by atoms with Crippen molar-refractivity contribution in [3.8, 4) is 17.3 Å². The van der Waals surface area contributed by atoms with Crippen molar-refractivity contribution < 1.29 is 4.74 Å². The lowest BCUT2D eigenvalue weighted by Crippen LogP contribution is -2.23. The Morgan fingerprint density at radius 2 is 1.72 bits per heavy atom. The van der Waals surface area contributed by atoms with Gasteiger partial charge in [-0.15, -0.1) is 0 Å². The monoisotopic (exact) mass is 262 g/mol. The van der Waals surface area contributed by atoms with Gasteiger partial charge in [-0.3, -0.25) is 0 Å². The molecule has 0 aliphatic rings. The third-order valence-electron chi connectivity index (χ3n) is 2.11. The van der Waals surface area contributed by atoms with E-state index in [4.69, 9.17) is 16.3 Å². The molecule has 4 heteroatoms. The first-order valence-electron chi connectivity index (χ1n) is 5.73. The van der Waals surface area contributed by atoms with E-state index in [9.17, 15) is 0 Å². The first-order valence-corrected chi connectivity index (χ1v) is 6.11. The van der Waals surface area contributed by atoms with Crippen LogP contribution in [0, 0.1) is 0 Å². The molecular weight excluding hydrogens is 248 g/mol. The van der Waals surface area contributed by atoms with Crippen molar-refractivity contribution in [2.75, 3.05) is 0 Å². The molecule has 2 rings (SSSR count). The molecule has 18 heavy (non-hydrogen) atoms. The van der Waals surface area contributed by atoms with Crippen LogP contribution in [-0.2, 0) is 0 Å². The molecule has 1 heterocycles. The standard InChI is InChI=1S/C14H15ClN2O/c1-14(2,3)18-12-9-11(15)16-13(17-12)10-7-5-4-6-8-10/h4-9H,1-3H3. The minimum Gasteiger partial charge on any atom is -0.472 e. The summed E-state index contributed by atoms with van der Waals surface area (Å²) in [4.78, 5) is 8.58. The number of nitrogens with zero attached hydrogens (tertiary/aromatic N) is 2. The maximum atomic E-state index is 6.00. The molecular formula is C14H15ClN2O. The summed E-state index contributed by atoms with van der Waals surface area (Å²) in [5.41, 5.74) is 0.602. The van der Waals surface area contributed by atoms with Gasteiger partial charge >= 0.3 is 0 Å². The van der Waals surface area contributed by atoms with Gasteiger partial charge in [0.1, 0.15) is 10.8 Å². The van der Waals surface area contributed by atoms with E-state index in [0.29, 0.717) is 16.9 Å². The molecule has 0 N–H and O–H groups in total. The summed E-state index contributed by atoms with van der Waals surface area (Å²) in [5.74, 6) is 1.06. The van der Waals surface area contributed by atoms with E-state index >= 15 is 0 Å². The maximum absolute atomic E-state index is 6.00. The van der Waals surface area contributed by atoms with Crippen molar-refractivity contribution in [1.29, 1.82) is 0 Å². The van der Waals surface area contributed by atoms with Gasteiger partial charge < -0.3 is 4.74 Å². The third-order valence-corrected chi connectivity index (χ3v) is 2.31. The number of aromatic nitrogens is 2. The number of hydrogen-bond acceptors (Lipinski definition) is 3. The first kappa shape index (κ1) is 12.8. The van der Waals surface area contributed by atoms with Gasteiger partial charge in [-0.1, -0.05) is 41.9 Å². The van der Waals surface area contributed by atoms with Gasteiger partial charge in [0.25, 0.3) is 0 Å². The Bertz CT molecular complexity index is 535. The number of ether oxygens (including phenoxy) is 1. The number of halogens is 1. The SMILES string of the molecule is CC(C)(C)Oc1cc(Cl)nc(-c2ccccc2)n1. The number of rotatable bonds is 2. The lowest BCUT2D eigenvalue weighted by Gasteiger charge is -2.20. The average molecular weight is 263 g/mol. The van der Waals surface area contributed by atoms with Crippen LogP contribution in [-0.4, -0.2) is 15.6 Å². The smallest absolute Gasteiger partial charge is 0.218 e. The average Bonchev–Trinajstić information content (AvgIpc) is 2.27. The highest BCUT2D eigenvalue weighted by Crippen LogP contribution is 2.23.